The summed E-state index contributed by atoms with van der Waals surface area (Å²) in [5.74, 6) is 0.622. The number of benzene rings is 8. The summed E-state index contributed by atoms with van der Waals surface area (Å²) in [6.07, 6.45) is 0. The van der Waals surface area contributed by atoms with Gasteiger partial charge in [-0.3, -0.25) is 4.57 Å². The fourth-order valence-corrected chi connectivity index (χ4v) is 9.53. The van der Waals surface area contributed by atoms with E-state index in [9.17, 15) is 0 Å². The van der Waals surface area contributed by atoms with E-state index in [2.05, 4.69) is 156 Å². The molecule has 4 aromatic heterocycles. The van der Waals surface area contributed by atoms with E-state index in [1.165, 1.54) is 25.6 Å². The van der Waals surface area contributed by atoms with Gasteiger partial charge in [-0.2, -0.15) is 0 Å². The highest BCUT2D eigenvalue weighted by atomic mass is 32.1. The van der Waals surface area contributed by atoms with Crippen LogP contribution in [0.1, 0.15) is 0 Å². The number of nitrogens with zero attached hydrogens (tertiary/aromatic N) is 3. The molecule has 4 nitrogen and oxygen atoms in total. The van der Waals surface area contributed by atoms with Crippen molar-refractivity contribution in [2.75, 3.05) is 0 Å². The zero-order valence-corrected chi connectivity index (χ0v) is 29.1. The van der Waals surface area contributed by atoms with E-state index in [0.717, 1.165) is 82.4 Å². The second-order valence-electron chi connectivity index (χ2n) is 13.7. The van der Waals surface area contributed by atoms with Crippen molar-refractivity contribution in [3.05, 3.63) is 164 Å². The second kappa shape index (κ2) is 10.8. The monoisotopic (exact) mass is 693 g/mol. The Kier molecular flexibility index (Phi) is 5.90. The van der Waals surface area contributed by atoms with Crippen LogP contribution in [0, 0.1) is 0 Å². The average molecular weight is 694 g/mol. The molecule has 53 heavy (non-hydrogen) atoms. The van der Waals surface area contributed by atoms with E-state index in [1.54, 1.807) is 0 Å². The van der Waals surface area contributed by atoms with Gasteiger partial charge in [0.05, 0.1) is 27.6 Å². The van der Waals surface area contributed by atoms with Gasteiger partial charge in [0, 0.05) is 52.8 Å². The van der Waals surface area contributed by atoms with Crippen LogP contribution in [-0.4, -0.2) is 14.5 Å². The van der Waals surface area contributed by atoms with Crippen LogP contribution in [0.15, 0.2) is 168 Å². The molecular weight excluding hydrogens is 667 g/mol. The first-order valence-electron chi connectivity index (χ1n) is 17.8. The van der Waals surface area contributed by atoms with Crippen molar-refractivity contribution in [1.29, 1.82) is 0 Å². The highest BCUT2D eigenvalue weighted by Gasteiger charge is 2.26. The smallest absolute Gasteiger partial charge is 0.235 e. The maximum atomic E-state index is 6.89. The van der Waals surface area contributed by atoms with Crippen molar-refractivity contribution >= 4 is 96.9 Å². The van der Waals surface area contributed by atoms with Crippen molar-refractivity contribution in [3.63, 3.8) is 0 Å². The maximum Gasteiger partial charge on any atom is 0.235 e. The number of furan rings is 1. The number of thiophene rings is 1. The molecule has 4 heterocycles. The number of hydrogen-bond donors (Lipinski definition) is 0. The van der Waals surface area contributed by atoms with Gasteiger partial charge in [-0.15, -0.1) is 11.3 Å². The summed E-state index contributed by atoms with van der Waals surface area (Å²) in [6, 6.07) is 58.2. The van der Waals surface area contributed by atoms with Gasteiger partial charge in [-0.25, -0.2) is 9.97 Å². The Morgan fingerprint density at radius 1 is 0.491 bits per heavy atom. The quantitative estimate of drug-likeness (QED) is 0.185. The summed E-state index contributed by atoms with van der Waals surface area (Å²) < 4.78 is 11.7. The third kappa shape index (κ3) is 4.11. The molecule has 0 fully saturated rings. The molecule has 0 aliphatic rings. The Balaban J connectivity index is 1.32. The maximum absolute atomic E-state index is 6.89. The molecule has 0 unspecified atom stereocenters. The van der Waals surface area contributed by atoms with E-state index in [0.29, 0.717) is 5.95 Å². The summed E-state index contributed by atoms with van der Waals surface area (Å²) in [5, 5.41) is 10.3. The van der Waals surface area contributed by atoms with Crippen LogP contribution in [0.5, 0.6) is 0 Å². The Morgan fingerprint density at radius 2 is 1.23 bits per heavy atom. The van der Waals surface area contributed by atoms with Crippen molar-refractivity contribution in [2.24, 2.45) is 0 Å². The molecule has 0 N–H and O–H groups in total. The summed E-state index contributed by atoms with van der Waals surface area (Å²) in [7, 11) is 0. The second-order valence-corrected chi connectivity index (χ2v) is 14.8. The van der Waals surface area contributed by atoms with Crippen LogP contribution in [-0.2, 0) is 0 Å². The number of aromatic nitrogens is 3. The highest BCUT2D eigenvalue weighted by Crippen LogP contribution is 2.48. The molecule has 0 bridgehead atoms. The molecule has 12 rings (SSSR count). The summed E-state index contributed by atoms with van der Waals surface area (Å²) in [6.45, 7) is 0. The lowest BCUT2D eigenvalue weighted by atomic mass is 9.96. The lowest BCUT2D eigenvalue weighted by Gasteiger charge is -2.14. The topological polar surface area (TPSA) is 43.9 Å². The summed E-state index contributed by atoms with van der Waals surface area (Å²) in [5.41, 5.74) is 8.88. The Morgan fingerprint density at radius 3 is 2.13 bits per heavy atom. The Bertz CT molecular complexity index is 3460. The highest BCUT2D eigenvalue weighted by molar-refractivity contribution is 7.25. The van der Waals surface area contributed by atoms with E-state index >= 15 is 0 Å². The van der Waals surface area contributed by atoms with Crippen molar-refractivity contribution in [1.82, 2.24) is 14.5 Å². The van der Waals surface area contributed by atoms with Gasteiger partial charge in [0.2, 0.25) is 5.95 Å². The summed E-state index contributed by atoms with van der Waals surface area (Å²) >= 11 is 1.84. The Labute approximate surface area is 306 Å². The van der Waals surface area contributed by atoms with Crippen LogP contribution in [0.25, 0.3) is 114 Å². The molecule has 5 heteroatoms. The van der Waals surface area contributed by atoms with Crippen molar-refractivity contribution < 1.29 is 4.42 Å². The SMILES string of the molecule is c1ccc(-c2nc(-n3c4ccc5ccccc5c4c4c5oc6ccccc6c5cc(-c5ccc6sc7ccccc7c6c5)c43)nc3ccccc23)cc1. The molecule has 246 valence electrons. The van der Waals surface area contributed by atoms with Gasteiger partial charge in [-0.1, -0.05) is 121 Å². The van der Waals surface area contributed by atoms with Crippen molar-refractivity contribution in [3.8, 4) is 28.3 Å². The first kappa shape index (κ1) is 28.8. The van der Waals surface area contributed by atoms with Crippen LogP contribution in [0.2, 0.25) is 0 Å². The number of fused-ring (bicyclic) bond motifs is 13. The number of rotatable bonds is 3. The molecule has 0 saturated heterocycles. The normalized spacial score (nSPS) is 12.2. The third-order valence-corrected chi connectivity index (χ3v) is 11.9. The average Bonchev–Trinajstić information content (AvgIpc) is 3.90. The first-order valence-corrected chi connectivity index (χ1v) is 18.6. The van der Waals surface area contributed by atoms with E-state index in [4.69, 9.17) is 14.4 Å². The standard InChI is InChI=1S/C48H27N3OS/c1-2-13-29(14-3-1)45-34-18-6-9-19-38(34)49-48(50-45)51-39-24-22-28-12-4-5-15-31(28)43(39)44-46(51)35(27-37-32-16-7-10-20-40(32)52-47(37)44)30-23-25-42-36(26-30)33-17-8-11-21-41(33)53-42/h1-27H. The predicted octanol–water partition coefficient (Wildman–Crippen LogP) is 13.5. The molecule has 0 amide bonds. The van der Waals surface area contributed by atoms with Crippen LogP contribution < -0.4 is 0 Å². The van der Waals surface area contributed by atoms with Crippen molar-refractivity contribution in [2.45, 2.75) is 0 Å². The number of para-hydroxylation sites is 2. The van der Waals surface area contributed by atoms with E-state index in [1.807, 2.05) is 23.5 Å². The van der Waals surface area contributed by atoms with Gasteiger partial charge < -0.3 is 4.42 Å². The molecule has 0 atom stereocenters. The predicted molar refractivity (Wildman–Crippen MR) is 222 cm³/mol. The molecule has 0 aliphatic heterocycles. The van der Waals surface area contributed by atoms with Crippen LogP contribution in [0.3, 0.4) is 0 Å². The van der Waals surface area contributed by atoms with Gasteiger partial charge in [0.1, 0.15) is 11.2 Å². The van der Waals surface area contributed by atoms with Crippen LogP contribution >= 0.6 is 11.3 Å². The molecule has 0 spiro atoms. The largest absolute Gasteiger partial charge is 0.455 e. The molecule has 8 aromatic carbocycles. The fourth-order valence-electron chi connectivity index (χ4n) is 8.44. The molecule has 0 saturated carbocycles. The number of hydrogen-bond acceptors (Lipinski definition) is 4. The van der Waals surface area contributed by atoms with Gasteiger partial charge in [0.25, 0.3) is 0 Å². The minimum atomic E-state index is 0.622. The van der Waals surface area contributed by atoms with Gasteiger partial charge in [0.15, 0.2) is 0 Å². The zero-order chi connectivity index (χ0) is 34.6. The first-order chi connectivity index (χ1) is 26.3. The Hall–Kier alpha value is -6.82. The van der Waals surface area contributed by atoms with Gasteiger partial charge >= 0.3 is 0 Å². The van der Waals surface area contributed by atoms with Gasteiger partial charge in [-0.05, 0) is 58.8 Å². The molecule has 0 aliphatic carbocycles. The fraction of sp³-hybridized carbons (Fsp3) is 0. The lowest BCUT2D eigenvalue weighted by Crippen LogP contribution is -2.04. The minimum absolute atomic E-state index is 0.622. The molecular formula is C48H27N3OS. The summed E-state index contributed by atoms with van der Waals surface area (Å²) in [4.78, 5) is 10.8. The third-order valence-electron chi connectivity index (χ3n) is 10.8. The van der Waals surface area contributed by atoms with E-state index < -0.39 is 0 Å². The lowest BCUT2D eigenvalue weighted by molar-refractivity contribution is 0.673. The van der Waals surface area contributed by atoms with Crippen LogP contribution in [0.4, 0.5) is 0 Å². The van der Waals surface area contributed by atoms with E-state index in [-0.39, 0.29) is 0 Å². The zero-order valence-electron chi connectivity index (χ0n) is 28.2. The minimum Gasteiger partial charge on any atom is -0.455 e. The molecule has 12 aromatic rings. The molecule has 0 radical (unpaired) electrons.